The second kappa shape index (κ2) is 15.2. The van der Waals surface area contributed by atoms with Gasteiger partial charge in [0, 0.05) is 28.9 Å². The fraction of sp³-hybridized carbons (Fsp3) is 0.138. The molecule has 0 saturated carbocycles. The summed E-state index contributed by atoms with van der Waals surface area (Å²) in [6.07, 6.45) is 0. The molecule has 0 aliphatic heterocycles. The highest BCUT2D eigenvalue weighted by molar-refractivity contribution is 5.97. The van der Waals surface area contributed by atoms with Crippen LogP contribution in [0.2, 0.25) is 0 Å². The molecule has 0 radical (unpaired) electrons. The molecule has 3 aromatic rings. The van der Waals surface area contributed by atoms with Crippen molar-refractivity contribution in [2.45, 2.75) is 13.5 Å². The number of hydroxylamine groups is 1. The Kier molecular flexibility index (Phi) is 11.7. The van der Waals surface area contributed by atoms with E-state index in [1.165, 1.54) is 23.7 Å². The average molecular weight is 530 g/mol. The van der Waals surface area contributed by atoms with Crippen LogP contribution in [0.1, 0.15) is 28.9 Å². The predicted octanol–water partition coefficient (Wildman–Crippen LogP) is 2.48. The van der Waals surface area contributed by atoms with Gasteiger partial charge in [0.15, 0.2) is 0 Å². The Balaban J connectivity index is 0.00000533. The van der Waals surface area contributed by atoms with Crippen molar-refractivity contribution in [2.24, 2.45) is 5.73 Å². The zero-order valence-corrected chi connectivity index (χ0v) is 20.0. The predicted molar refractivity (Wildman–Crippen MR) is 147 cm³/mol. The Hall–Kier alpha value is -5.16. The molecule has 39 heavy (non-hydrogen) atoms. The Bertz CT molecular complexity index is 1420. The van der Waals surface area contributed by atoms with Gasteiger partial charge in [-0.05, 0) is 72.5 Å². The van der Waals surface area contributed by atoms with Crippen molar-refractivity contribution in [2.75, 3.05) is 23.7 Å². The van der Waals surface area contributed by atoms with Crippen LogP contribution in [0, 0.1) is 29.5 Å². The zero-order valence-electron chi connectivity index (χ0n) is 20.0. The third-order valence-corrected chi connectivity index (χ3v) is 5.07. The first-order chi connectivity index (χ1) is 18.4. The van der Waals surface area contributed by atoms with Gasteiger partial charge in [0.1, 0.15) is 11.9 Å². The van der Waals surface area contributed by atoms with Gasteiger partial charge in [-0.1, -0.05) is 31.4 Å². The first-order valence-electron chi connectivity index (χ1n) is 11.3. The molecule has 0 bridgehead atoms. The van der Waals surface area contributed by atoms with Crippen molar-refractivity contribution in [3.63, 3.8) is 0 Å². The van der Waals surface area contributed by atoms with Crippen LogP contribution >= 0.6 is 0 Å². The van der Waals surface area contributed by atoms with E-state index >= 15 is 0 Å². The number of benzene rings is 3. The molecule has 10 heteroatoms. The van der Waals surface area contributed by atoms with Crippen LogP contribution < -0.4 is 27.2 Å². The number of para-hydroxylation sites is 1. The lowest BCUT2D eigenvalue weighted by Crippen LogP contribution is -2.50. The Morgan fingerprint density at radius 2 is 1.49 bits per heavy atom. The molecule has 0 heterocycles. The molecule has 3 aromatic carbocycles. The van der Waals surface area contributed by atoms with E-state index in [4.69, 9.17) is 10.9 Å². The third-order valence-electron chi connectivity index (χ3n) is 5.07. The number of rotatable bonds is 8. The highest BCUT2D eigenvalue weighted by Gasteiger charge is 2.19. The molecule has 0 aliphatic rings. The normalized spacial score (nSPS) is 10.2. The molecule has 200 valence electrons. The fourth-order valence-corrected chi connectivity index (χ4v) is 3.08. The number of hydrogen-bond donors (Lipinski definition) is 6. The molecule has 3 rings (SSSR count). The number of anilines is 2. The molecule has 1 atom stereocenters. The van der Waals surface area contributed by atoms with Crippen LogP contribution in [0.5, 0.6) is 0 Å². The van der Waals surface area contributed by atoms with E-state index < -0.39 is 23.7 Å². The summed E-state index contributed by atoms with van der Waals surface area (Å²) in [7, 11) is 0. The maximum absolute atomic E-state index is 13.6. The topological polar surface area (TPSA) is 146 Å². The summed E-state index contributed by atoms with van der Waals surface area (Å²) >= 11 is 0. The fourth-order valence-electron chi connectivity index (χ4n) is 3.08. The van der Waals surface area contributed by atoms with Crippen molar-refractivity contribution >= 4 is 29.1 Å². The lowest BCUT2D eigenvalue weighted by Gasteiger charge is -2.14. The molecule has 9 nitrogen and oxygen atoms in total. The van der Waals surface area contributed by atoms with Crippen LogP contribution in [0.25, 0.3) is 0 Å². The number of halogens is 1. The van der Waals surface area contributed by atoms with E-state index in [2.05, 4.69) is 39.6 Å². The summed E-state index contributed by atoms with van der Waals surface area (Å²) in [4.78, 5) is 35.7. The van der Waals surface area contributed by atoms with E-state index in [0.29, 0.717) is 22.4 Å². The standard InChI is InChI=1S/C28H24FN5O4.CH4/c29-23-7-3-4-8-24(23)31-18-26(35)32-22-15-11-20(12-16-22)6-2-1-5-19-9-13-21(14-10-19)27(36)33-25(17-30)28(37)34-38;/h3-4,7-16,25,31,38H,17-18,30H2,(H,32,35)(H,33,36)(H,34,37);1H4/t25-;/m0./s1. The van der Waals surface area contributed by atoms with E-state index in [1.807, 2.05) is 0 Å². The van der Waals surface area contributed by atoms with E-state index in [1.54, 1.807) is 54.6 Å². The highest BCUT2D eigenvalue weighted by atomic mass is 19.1. The lowest BCUT2D eigenvalue weighted by molar-refractivity contribution is -0.130. The summed E-state index contributed by atoms with van der Waals surface area (Å²) < 4.78 is 13.6. The minimum absolute atomic E-state index is 0. The minimum Gasteiger partial charge on any atom is -0.374 e. The van der Waals surface area contributed by atoms with E-state index in [0.717, 1.165) is 0 Å². The van der Waals surface area contributed by atoms with Gasteiger partial charge in [-0.2, -0.15) is 0 Å². The number of carbonyl (C=O) groups is 3. The van der Waals surface area contributed by atoms with Gasteiger partial charge in [-0.25, -0.2) is 9.87 Å². The van der Waals surface area contributed by atoms with Crippen LogP contribution in [-0.4, -0.2) is 42.1 Å². The molecule has 0 fully saturated rings. The van der Waals surface area contributed by atoms with Gasteiger partial charge >= 0.3 is 0 Å². The largest absolute Gasteiger partial charge is 0.374 e. The maximum atomic E-state index is 13.6. The molecule has 0 aliphatic carbocycles. The summed E-state index contributed by atoms with van der Waals surface area (Å²) in [6.45, 7) is -0.259. The van der Waals surface area contributed by atoms with Crippen molar-refractivity contribution in [1.82, 2.24) is 10.8 Å². The van der Waals surface area contributed by atoms with Gasteiger partial charge in [-0.3, -0.25) is 19.6 Å². The lowest BCUT2D eigenvalue weighted by atomic mass is 10.1. The van der Waals surface area contributed by atoms with Crippen molar-refractivity contribution in [1.29, 1.82) is 0 Å². The van der Waals surface area contributed by atoms with Crippen molar-refractivity contribution in [3.05, 3.63) is 95.3 Å². The van der Waals surface area contributed by atoms with Gasteiger partial charge in [0.05, 0.1) is 12.2 Å². The van der Waals surface area contributed by atoms with E-state index in [-0.39, 0.29) is 32.1 Å². The van der Waals surface area contributed by atoms with Crippen LogP contribution in [0.4, 0.5) is 15.8 Å². The molecule has 0 saturated heterocycles. The Morgan fingerprint density at radius 3 is 2.05 bits per heavy atom. The summed E-state index contributed by atoms with van der Waals surface area (Å²) in [5.41, 5.74) is 9.30. The first kappa shape index (κ1) is 30.1. The summed E-state index contributed by atoms with van der Waals surface area (Å²) in [5, 5.41) is 16.6. The Labute approximate surface area is 226 Å². The molecule has 7 N–H and O–H groups in total. The number of nitrogens with two attached hydrogens (primary N) is 1. The minimum atomic E-state index is -1.06. The molecular formula is C29H28FN5O4. The Morgan fingerprint density at radius 1 is 0.897 bits per heavy atom. The first-order valence-corrected chi connectivity index (χ1v) is 11.3. The second-order valence-corrected chi connectivity index (χ2v) is 7.77. The quantitative estimate of drug-likeness (QED) is 0.150. The molecular weight excluding hydrogens is 501 g/mol. The van der Waals surface area contributed by atoms with Crippen molar-refractivity contribution in [3.8, 4) is 23.7 Å². The number of hydrogen-bond acceptors (Lipinski definition) is 6. The number of amides is 3. The number of nitrogens with one attached hydrogen (secondary N) is 4. The number of carbonyl (C=O) groups excluding carboxylic acids is 3. The van der Waals surface area contributed by atoms with Gasteiger partial charge in [0.25, 0.3) is 11.8 Å². The van der Waals surface area contributed by atoms with Gasteiger partial charge in [0.2, 0.25) is 5.91 Å². The second-order valence-electron chi connectivity index (χ2n) is 7.77. The zero-order chi connectivity index (χ0) is 27.3. The smallest absolute Gasteiger partial charge is 0.267 e. The van der Waals surface area contributed by atoms with Gasteiger partial charge < -0.3 is 21.7 Å². The highest BCUT2D eigenvalue weighted by Crippen LogP contribution is 2.12. The average Bonchev–Trinajstić information content (AvgIpc) is 2.94. The van der Waals surface area contributed by atoms with Gasteiger partial charge in [-0.15, -0.1) is 0 Å². The van der Waals surface area contributed by atoms with Crippen LogP contribution in [0.3, 0.4) is 0 Å². The SMILES string of the molecule is C.NC[C@H](NC(=O)c1ccc(C#CC#Cc2ccc(NC(=O)CNc3ccccc3F)cc2)cc1)C(=O)NO. The molecule has 0 aromatic heterocycles. The third kappa shape index (κ3) is 9.34. The molecule has 0 unspecified atom stereocenters. The summed E-state index contributed by atoms with van der Waals surface area (Å²) in [6, 6.07) is 18.2. The van der Waals surface area contributed by atoms with Crippen LogP contribution in [-0.2, 0) is 9.59 Å². The maximum Gasteiger partial charge on any atom is 0.267 e. The van der Waals surface area contributed by atoms with E-state index in [9.17, 15) is 18.8 Å². The van der Waals surface area contributed by atoms with Crippen molar-refractivity contribution < 1.29 is 24.0 Å². The molecule has 3 amide bonds. The molecule has 0 spiro atoms. The summed E-state index contributed by atoms with van der Waals surface area (Å²) in [5.74, 6) is 9.14. The van der Waals surface area contributed by atoms with Crippen LogP contribution in [0.15, 0.2) is 72.8 Å². The monoisotopic (exact) mass is 529 g/mol.